The van der Waals surface area contributed by atoms with Crippen LogP contribution in [0.1, 0.15) is 0 Å². The van der Waals surface area contributed by atoms with E-state index >= 15 is 0 Å². The normalized spacial score (nSPS) is 11.8. The minimum Gasteiger partial charge on any atom is -0.456 e. The molecular formula is C43H25N3OS. The van der Waals surface area contributed by atoms with Crippen LogP contribution < -0.4 is 0 Å². The van der Waals surface area contributed by atoms with Crippen molar-refractivity contribution in [1.29, 1.82) is 0 Å². The highest BCUT2D eigenvalue weighted by Gasteiger charge is 2.18. The standard InChI is InChI=1S/C43H25N3OS/c1-2-11-26(12-3-1)41-44-42(28-21-22-39-35(24-28)31-15-7-9-20-38(31)48-39)46-43(45-41)29-23-27-13-4-5-14-30(27)34(25-29)32-17-10-19-37-40(32)33-16-6-8-18-36(33)47-37/h1-25H. The molecule has 48 heavy (non-hydrogen) atoms. The van der Waals surface area contributed by atoms with Crippen molar-refractivity contribution in [1.82, 2.24) is 15.0 Å². The molecule has 0 radical (unpaired) electrons. The lowest BCUT2D eigenvalue weighted by atomic mass is 9.92. The van der Waals surface area contributed by atoms with Gasteiger partial charge in [-0.2, -0.15) is 0 Å². The molecule has 4 nitrogen and oxygen atoms in total. The van der Waals surface area contributed by atoms with Crippen molar-refractivity contribution in [2.45, 2.75) is 0 Å². The van der Waals surface area contributed by atoms with Crippen molar-refractivity contribution in [3.63, 3.8) is 0 Å². The Hall–Kier alpha value is -6.17. The van der Waals surface area contributed by atoms with Gasteiger partial charge in [-0.1, -0.05) is 103 Å². The first-order valence-corrected chi connectivity index (χ1v) is 16.8. The largest absolute Gasteiger partial charge is 0.456 e. The predicted molar refractivity (Wildman–Crippen MR) is 199 cm³/mol. The monoisotopic (exact) mass is 631 g/mol. The SMILES string of the molecule is c1ccc(-c2nc(-c3cc(-c4cccc5oc6ccccc6c45)c4ccccc4c3)nc(-c3ccc4sc5ccccc5c4c3)n2)cc1. The van der Waals surface area contributed by atoms with Crippen LogP contribution in [0.15, 0.2) is 156 Å². The molecule has 0 unspecified atom stereocenters. The maximum Gasteiger partial charge on any atom is 0.164 e. The van der Waals surface area contributed by atoms with Gasteiger partial charge >= 0.3 is 0 Å². The van der Waals surface area contributed by atoms with E-state index in [0.717, 1.165) is 60.5 Å². The maximum atomic E-state index is 6.29. The summed E-state index contributed by atoms with van der Waals surface area (Å²) in [6, 6.07) is 52.7. The molecule has 3 aromatic heterocycles. The lowest BCUT2D eigenvalue weighted by molar-refractivity contribution is 0.669. The van der Waals surface area contributed by atoms with E-state index in [9.17, 15) is 0 Å². The molecule has 0 aliphatic carbocycles. The third-order valence-corrected chi connectivity index (χ3v) is 10.3. The van der Waals surface area contributed by atoms with E-state index in [-0.39, 0.29) is 0 Å². The molecule has 0 aliphatic rings. The Balaban J connectivity index is 1.23. The fourth-order valence-corrected chi connectivity index (χ4v) is 7.96. The number of nitrogens with zero attached hydrogens (tertiary/aromatic N) is 3. The van der Waals surface area contributed by atoms with Gasteiger partial charge < -0.3 is 4.42 Å². The van der Waals surface area contributed by atoms with E-state index in [2.05, 4.69) is 115 Å². The second kappa shape index (κ2) is 10.7. The Morgan fingerprint density at radius 2 is 1.06 bits per heavy atom. The number of fused-ring (bicyclic) bond motifs is 7. The molecule has 0 saturated carbocycles. The van der Waals surface area contributed by atoms with E-state index < -0.39 is 0 Å². The van der Waals surface area contributed by atoms with Crippen LogP contribution in [0.2, 0.25) is 0 Å². The van der Waals surface area contributed by atoms with Crippen molar-refractivity contribution in [2.75, 3.05) is 0 Å². The number of benzene rings is 7. The molecular weight excluding hydrogens is 607 g/mol. The molecule has 3 heterocycles. The molecule has 0 N–H and O–H groups in total. The smallest absolute Gasteiger partial charge is 0.164 e. The van der Waals surface area contributed by atoms with Crippen LogP contribution in [0.5, 0.6) is 0 Å². The molecule has 0 atom stereocenters. The van der Waals surface area contributed by atoms with Crippen LogP contribution in [0, 0.1) is 0 Å². The second-order valence-corrected chi connectivity index (χ2v) is 13.1. The molecule has 7 aromatic carbocycles. The Morgan fingerprint density at radius 3 is 1.94 bits per heavy atom. The summed E-state index contributed by atoms with van der Waals surface area (Å²) in [5, 5.41) is 6.94. The molecule has 0 aliphatic heterocycles. The van der Waals surface area contributed by atoms with E-state index in [4.69, 9.17) is 19.4 Å². The zero-order chi connectivity index (χ0) is 31.6. The Bertz CT molecular complexity index is 2850. The highest BCUT2D eigenvalue weighted by Crippen LogP contribution is 2.41. The van der Waals surface area contributed by atoms with Gasteiger partial charge in [-0.3, -0.25) is 0 Å². The molecule has 0 spiro atoms. The molecule has 0 saturated heterocycles. The third kappa shape index (κ3) is 4.33. The number of hydrogen-bond donors (Lipinski definition) is 0. The summed E-state index contributed by atoms with van der Waals surface area (Å²) in [6.45, 7) is 0. The fraction of sp³-hybridized carbons (Fsp3) is 0. The van der Waals surface area contributed by atoms with Gasteiger partial charge in [0.1, 0.15) is 11.2 Å². The minimum atomic E-state index is 0.630. The molecule has 0 fully saturated rings. The number of thiophene rings is 1. The summed E-state index contributed by atoms with van der Waals surface area (Å²) < 4.78 is 8.81. The quantitative estimate of drug-likeness (QED) is 0.194. The summed E-state index contributed by atoms with van der Waals surface area (Å²) in [7, 11) is 0. The van der Waals surface area contributed by atoms with E-state index in [0.29, 0.717) is 17.5 Å². The summed E-state index contributed by atoms with van der Waals surface area (Å²) in [4.78, 5) is 15.3. The van der Waals surface area contributed by atoms with Crippen molar-refractivity contribution in [3.8, 4) is 45.3 Å². The van der Waals surface area contributed by atoms with Crippen molar-refractivity contribution in [2.24, 2.45) is 0 Å². The molecule has 0 bridgehead atoms. The Morgan fingerprint density at radius 1 is 0.396 bits per heavy atom. The van der Waals surface area contributed by atoms with Gasteiger partial charge in [0.15, 0.2) is 17.5 Å². The molecule has 10 rings (SSSR count). The van der Waals surface area contributed by atoms with Crippen LogP contribution in [0.4, 0.5) is 0 Å². The third-order valence-electron chi connectivity index (χ3n) is 9.12. The fourth-order valence-electron chi connectivity index (χ4n) is 6.88. The molecule has 0 amide bonds. The van der Waals surface area contributed by atoms with Gasteiger partial charge in [0, 0.05) is 47.6 Å². The van der Waals surface area contributed by atoms with E-state index in [1.807, 2.05) is 47.7 Å². The van der Waals surface area contributed by atoms with Crippen LogP contribution in [-0.2, 0) is 0 Å². The van der Waals surface area contributed by atoms with Crippen molar-refractivity contribution < 1.29 is 4.42 Å². The number of rotatable bonds is 4. The number of aromatic nitrogens is 3. The van der Waals surface area contributed by atoms with Crippen molar-refractivity contribution in [3.05, 3.63) is 152 Å². The van der Waals surface area contributed by atoms with Crippen LogP contribution in [0.25, 0.3) is 98.2 Å². The summed E-state index contributed by atoms with van der Waals surface area (Å²) >= 11 is 1.81. The van der Waals surface area contributed by atoms with Gasteiger partial charge in [-0.25, -0.2) is 15.0 Å². The van der Waals surface area contributed by atoms with Gasteiger partial charge in [0.25, 0.3) is 0 Å². The molecule has 5 heteroatoms. The lowest BCUT2D eigenvalue weighted by Crippen LogP contribution is -2.00. The first-order chi connectivity index (χ1) is 23.8. The van der Waals surface area contributed by atoms with E-state index in [1.54, 1.807) is 0 Å². The summed E-state index contributed by atoms with van der Waals surface area (Å²) in [6.07, 6.45) is 0. The Labute approximate surface area is 279 Å². The molecule has 10 aromatic rings. The maximum absolute atomic E-state index is 6.29. The van der Waals surface area contributed by atoms with E-state index in [1.165, 1.54) is 20.2 Å². The highest BCUT2D eigenvalue weighted by atomic mass is 32.1. The van der Waals surface area contributed by atoms with Gasteiger partial charge in [-0.15, -0.1) is 11.3 Å². The Kier molecular flexibility index (Phi) is 6.01. The molecule has 224 valence electrons. The van der Waals surface area contributed by atoms with Crippen LogP contribution >= 0.6 is 11.3 Å². The number of hydrogen-bond acceptors (Lipinski definition) is 5. The number of para-hydroxylation sites is 1. The topological polar surface area (TPSA) is 51.8 Å². The second-order valence-electron chi connectivity index (χ2n) is 12.0. The highest BCUT2D eigenvalue weighted by molar-refractivity contribution is 7.25. The summed E-state index contributed by atoms with van der Waals surface area (Å²) in [5.74, 6) is 1.92. The van der Waals surface area contributed by atoms with Crippen LogP contribution in [-0.4, -0.2) is 15.0 Å². The van der Waals surface area contributed by atoms with Gasteiger partial charge in [0.05, 0.1) is 0 Å². The first kappa shape index (κ1) is 27.0. The predicted octanol–water partition coefficient (Wildman–Crippen LogP) is 12.0. The zero-order valence-corrected chi connectivity index (χ0v) is 26.4. The average Bonchev–Trinajstić information content (AvgIpc) is 3.73. The zero-order valence-electron chi connectivity index (χ0n) is 25.6. The van der Waals surface area contributed by atoms with Gasteiger partial charge in [-0.05, 0) is 70.4 Å². The van der Waals surface area contributed by atoms with Gasteiger partial charge in [0.2, 0.25) is 0 Å². The minimum absolute atomic E-state index is 0.630. The summed E-state index contributed by atoms with van der Waals surface area (Å²) in [5.41, 5.74) is 6.80. The van der Waals surface area contributed by atoms with Crippen LogP contribution in [0.3, 0.4) is 0 Å². The number of furan rings is 1. The van der Waals surface area contributed by atoms with Crippen molar-refractivity contribution >= 4 is 64.2 Å². The average molecular weight is 632 g/mol. The first-order valence-electron chi connectivity index (χ1n) is 15.9. The lowest BCUT2D eigenvalue weighted by Gasteiger charge is -2.13.